The number of carbonyl (C=O) groups excluding carboxylic acids is 1. The van der Waals surface area contributed by atoms with Crippen LogP contribution in [0, 0.1) is 13.8 Å². The van der Waals surface area contributed by atoms with Gasteiger partial charge in [-0.25, -0.2) is 0 Å². The molecule has 2 rings (SSSR count). The summed E-state index contributed by atoms with van der Waals surface area (Å²) in [6, 6.07) is 9.29. The molecule has 0 fully saturated rings. The minimum Gasteiger partial charge on any atom is -0.481 e. The second-order valence-electron chi connectivity index (χ2n) is 4.80. The summed E-state index contributed by atoms with van der Waals surface area (Å²) < 4.78 is 0. The fraction of sp³-hybridized carbons (Fsp3) is 0.250. The number of hydrogen-bond donors (Lipinski definition) is 1. The fourth-order valence-electron chi connectivity index (χ4n) is 2.10. The molecule has 0 aliphatic heterocycles. The molecule has 1 N–H and O–H groups in total. The number of hydrogen-bond acceptors (Lipinski definition) is 3. The van der Waals surface area contributed by atoms with Gasteiger partial charge in [0.15, 0.2) is 0 Å². The Morgan fingerprint density at radius 3 is 2.57 bits per heavy atom. The van der Waals surface area contributed by atoms with Gasteiger partial charge >= 0.3 is 5.97 Å². The van der Waals surface area contributed by atoms with Crippen LogP contribution in [-0.2, 0) is 4.79 Å². The lowest BCUT2D eigenvalue weighted by atomic mass is 10.1. The van der Waals surface area contributed by atoms with Crippen molar-refractivity contribution < 1.29 is 14.7 Å². The summed E-state index contributed by atoms with van der Waals surface area (Å²) in [6.45, 7) is 4.08. The molecule has 0 atom stereocenters. The molecule has 21 heavy (non-hydrogen) atoms. The van der Waals surface area contributed by atoms with Crippen molar-refractivity contribution in [1.82, 2.24) is 0 Å². The molecule has 0 saturated heterocycles. The molecule has 0 unspecified atom stereocenters. The summed E-state index contributed by atoms with van der Waals surface area (Å²) in [7, 11) is 0. The Balaban J connectivity index is 2.38. The van der Waals surface area contributed by atoms with Crippen LogP contribution in [0.3, 0.4) is 0 Å². The minimum atomic E-state index is -0.913. The SMILES string of the molecule is Cc1cccc(N(CCC(=O)O)C(=O)c2cccs2)c1C. The van der Waals surface area contributed by atoms with Gasteiger partial charge in [-0.1, -0.05) is 18.2 Å². The molecule has 1 aromatic carbocycles. The van der Waals surface area contributed by atoms with E-state index in [-0.39, 0.29) is 18.9 Å². The topological polar surface area (TPSA) is 57.6 Å². The number of rotatable bonds is 5. The van der Waals surface area contributed by atoms with E-state index in [9.17, 15) is 9.59 Å². The molecule has 2 aromatic rings. The first-order valence-corrected chi connectivity index (χ1v) is 7.52. The Hall–Kier alpha value is -2.14. The maximum absolute atomic E-state index is 12.6. The monoisotopic (exact) mass is 303 g/mol. The van der Waals surface area contributed by atoms with Crippen LogP contribution in [0.15, 0.2) is 35.7 Å². The Morgan fingerprint density at radius 2 is 1.95 bits per heavy atom. The van der Waals surface area contributed by atoms with E-state index in [1.807, 2.05) is 43.5 Å². The third-order valence-corrected chi connectivity index (χ3v) is 4.25. The van der Waals surface area contributed by atoms with Crippen molar-refractivity contribution in [2.75, 3.05) is 11.4 Å². The molecule has 4 nitrogen and oxygen atoms in total. The lowest BCUT2D eigenvalue weighted by Crippen LogP contribution is -2.33. The molecule has 5 heteroatoms. The summed E-state index contributed by atoms with van der Waals surface area (Å²) >= 11 is 1.36. The number of carbonyl (C=O) groups is 2. The molecule has 0 radical (unpaired) electrons. The average molecular weight is 303 g/mol. The van der Waals surface area contributed by atoms with Crippen LogP contribution in [0.25, 0.3) is 0 Å². The molecule has 0 aliphatic rings. The zero-order chi connectivity index (χ0) is 15.4. The number of aliphatic carboxylic acids is 1. The lowest BCUT2D eigenvalue weighted by molar-refractivity contribution is -0.136. The number of amides is 1. The Labute approximate surface area is 127 Å². The normalized spacial score (nSPS) is 10.4. The molecule has 0 bridgehead atoms. The van der Waals surface area contributed by atoms with Gasteiger partial charge in [0, 0.05) is 12.2 Å². The van der Waals surface area contributed by atoms with Crippen molar-refractivity contribution >= 4 is 28.9 Å². The van der Waals surface area contributed by atoms with Gasteiger partial charge in [0.2, 0.25) is 0 Å². The molecular weight excluding hydrogens is 286 g/mol. The van der Waals surface area contributed by atoms with Crippen LogP contribution in [0.2, 0.25) is 0 Å². The predicted octanol–water partition coefficient (Wildman–Crippen LogP) is 3.49. The van der Waals surface area contributed by atoms with Crippen LogP contribution in [0.5, 0.6) is 0 Å². The summed E-state index contributed by atoms with van der Waals surface area (Å²) in [5.41, 5.74) is 2.84. The first-order valence-electron chi connectivity index (χ1n) is 6.64. The summed E-state index contributed by atoms with van der Waals surface area (Å²) in [4.78, 5) is 25.7. The Morgan fingerprint density at radius 1 is 1.19 bits per heavy atom. The third-order valence-electron chi connectivity index (χ3n) is 3.39. The van der Waals surface area contributed by atoms with E-state index in [0.29, 0.717) is 4.88 Å². The second-order valence-corrected chi connectivity index (χ2v) is 5.74. The molecule has 1 heterocycles. The second kappa shape index (κ2) is 6.54. The molecule has 0 spiro atoms. The van der Waals surface area contributed by atoms with Gasteiger partial charge in [0.25, 0.3) is 5.91 Å². The van der Waals surface area contributed by atoms with Crippen LogP contribution < -0.4 is 4.90 Å². The zero-order valence-electron chi connectivity index (χ0n) is 12.0. The van der Waals surface area contributed by atoms with Crippen molar-refractivity contribution in [3.8, 4) is 0 Å². The molecule has 1 amide bonds. The zero-order valence-corrected chi connectivity index (χ0v) is 12.8. The molecule has 110 valence electrons. The average Bonchev–Trinajstić information content (AvgIpc) is 2.97. The lowest BCUT2D eigenvalue weighted by Gasteiger charge is -2.24. The molecule has 1 aromatic heterocycles. The summed E-state index contributed by atoms with van der Waals surface area (Å²) in [5.74, 6) is -1.07. The Kier molecular flexibility index (Phi) is 4.75. The van der Waals surface area contributed by atoms with Gasteiger partial charge < -0.3 is 10.0 Å². The van der Waals surface area contributed by atoms with Crippen molar-refractivity contribution in [1.29, 1.82) is 0 Å². The van der Waals surface area contributed by atoms with Crippen molar-refractivity contribution in [3.63, 3.8) is 0 Å². The van der Waals surface area contributed by atoms with E-state index in [0.717, 1.165) is 16.8 Å². The highest BCUT2D eigenvalue weighted by molar-refractivity contribution is 7.12. The van der Waals surface area contributed by atoms with Gasteiger partial charge in [-0.2, -0.15) is 0 Å². The minimum absolute atomic E-state index is 0.0789. The van der Waals surface area contributed by atoms with Crippen LogP contribution in [0.4, 0.5) is 5.69 Å². The highest BCUT2D eigenvalue weighted by Gasteiger charge is 2.21. The van der Waals surface area contributed by atoms with E-state index >= 15 is 0 Å². The van der Waals surface area contributed by atoms with E-state index in [4.69, 9.17) is 5.11 Å². The van der Waals surface area contributed by atoms with Crippen molar-refractivity contribution in [2.45, 2.75) is 20.3 Å². The van der Waals surface area contributed by atoms with Crippen LogP contribution in [0.1, 0.15) is 27.2 Å². The van der Waals surface area contributed by atoms with Crippen molar-refractivity contribution in [3.05, 3.63) is 51.7 Å². The van der Waals surface area contributed by atoms with Gasteiger partial charge in [0.1, 0.15) is 0 Å². The Bertz CT molecular complexity index is 650. The third kappa shape index (κ3) is 3.49. The van der Waals surface area contributed by atoms with E-state index in [2.05, 4.69) is 0 Å². The van der Waals surface area contributed by atoms with Gasteiger partial charge in [-0.05, 0) is 42.5 Å². The van der Waals surface area contributed by atoms with Crippen molar-refractivity contribution in [2.24, 2.45) is 0 Å². The number of aryl methyl sites for hydroxylation is 1. The number of carboxylic acids is 1. The maximum atomic E-state index is 12.6. The van der Waals surface area contributed by atoms with Gasteiger partial charge in [0.05, 0.1) is 11.3 Å². The first-order chi connectivity index (χ1) is 10.0. The highest BCUT2D eigenvalue weighted by Crippen LogP contribution is 2.25. The number of thiophene rings is 1. The smallest absolute Gasteiger partial charge is 0.305 e. The molecule has 0 aliphatic carbocycles. The summed E-state index contributed by atoms with van der Waals surface area (Å²) in [5, 5.41) is 10.7. The fourth-order valence-corrected chi connectivity index (χ4v) is 2.77. The molecular formula is C16H17NO3S. The number of nitrogens with zero attached hydrogens (tertiary/aromatic N) is 1. The van der Waals surface area contributed by atoms with E-state index in [1.54, 1.807) is 11.0 Å². The standard InChI is InChI=1S/C16H17NO3S/c1-11-5-3-6-13(12(11)2)17(9-8-15(18)19)16(20)14-7-4-10-21-14/h3-7,10H,8-9H2,1-2H3,(H,18,19). The number of anilines is 1. The largest absolute Gasteiger partial charge is 0.481 e. The maximum Gasteiger partial charge on any atom is 0.305 e. The number of carboxylic acid groups (broad SMARTS) is 1. The van der Waals surface area contributed by atoms with Crippen LogP contribution in [-0.4, -0.2) is 23.5 Å². The van der Waals surface area contributed by atoms with Gasteiger partial charge in [-0.15, -0.1) is 11.3 Å². The quantitative estimate of drug-likeness (QED) is 0.920. The van der Waals surface area contributed by atoms with Crippen LogP contribution >= 0.6 is 11.3 Å². The number of benzene rings is 1. The van der Waals surface area contributed by atoms with Gasteiger partial charge in [-0.3, -0.25) is 9.59 Å². The first kappa shape index (κ1) is 15.3. The van der Waals surface area contributed by atoms with E-state index < -0.39 is 5.97 Å². The predicted molar refractivity (Wildman–Crippen MR) is 84.2 cm³/mol. The summed E-state index contributed by atoms with van der Waals surface area (Å²) in [6.07, 6.45) is -0.0789. The highest BCUT2D eigenvalue weighted by atomic mass is 32.1. The molecule has 0 saturated carbocycles. The van der Waals surface area contributed by atoms with E-state index in [1.165, 1.54) is 11.3 Å².